The molecule has 0 aliphatic carbocycles. The molecule has 3 N–H and O–H groups in total. The fraction of sp³-hybridized carbons (Fsp3) is 0.940. The molecule has 0 amide bonds. The van der Waals surface area contributed by atoms with E-state index in [4.69, 9.17) is 37.0 Å². The maximum Gasteiger partial charge on any atom is 0.472 e. The van der Waals surface area contributed by atoms with E-state index in [1.54, 1.807) is 0 Å². The smallest absolute Gasteiger partial charge is 0.462 e. The number of unbranched alkanes of at least 4 members (excludes halogenated alkanes) is 33. The third kappa shape index (κ3) is 60.9. The van der Waals surface area contributed by atoms with Crippen LogP contribution in [0.3, 0.4) is 0 Å². The Morgan fingerprint density at radius 1 is 0.314 bits per heavy atom. The molecular weight excluding hydrogens is 1140 g/mol. The first-order valence-electron chi connectivity index (χ1n) is 34.8. The highest BCUT2D eigenvalue weighted by Gasteiger charge is 2.30. The first kappa shape index (κ1) is 84.1. The van der Waals surface area contributed by atoms with Crippen LogP contribution in [0.1, 0.15) is 331 Å². The van der Waals surface area contributed by atoms with E-state index in [1.165, 1.54) is 135 Å². The van der Waals surface area contributed by atoms with Gasteiger partial charge in [-0.2, -0.15) is 0 Å². The van der Waals surface area contributed by atoms with Crippen molar-refractivity contribution in [3.8, 4) is 0 Å². The van der Waals surface area contributed by atoms with E-state index in [-0.39, 0.29) is 25.7 Å². The molecule has 0 saturated heterocycles. The van der Waals surface area contributed by atoms with E-state index in [0.717, 1.165) is 108 Å². The lowest BCUT2D eigenvalue weighted by Crippen LogP contribution is -2.30. The molecule has 17 nitrogen and oxygen atoms in total. The van der Waals surface area contributed by atoms with Gasteiger partial charge in [-0.15, -0.1) is 0 Å². The standard InChI is InChI=1S/C67H130O17P2/c1-8-9-10-31-41-48-64(69)77-54-62(84-67(72)51-44-37-30-29-34-40-47-60(6)7)56-81-85(73,74)79-52-61(68)53-80-86(75,76)82-57-63(55-78-65(70)49-42-35-27-23-20-16-18-22-26-33-39-46-59(4)5)83-66(71)50-43-36-28-24-19-15-13-11-12-14-17-21-25-32-38-45-58(2)3/h58-63,68H,8-57H2,1-7H3,(H,73,74)(H,75,76)/t61-,62+,63+/m0/s1. The van der Waals surface area contributed by atoms with Crippen molar-refractivity contribution in [1.82, 2.24) is 0 Å². The predicted molar refractivity (Wildman–Crippen MR) is 344 cm³/mol. The number of phosphoric ester groups is 2. The first-order chi connectivity index (χ1) is 41.2. The summed E-state index contributed by atoms with van der Waals surface area (Å²) in [5, 5.41) is 10.5. The van der Waals surface area contributed by atoms with Crippen molar-refractivity contribution in [2.45, 2.75) is 349 Å². The average Bonchev–Trinajstić information content (AvgIpc) is 3.65. The molecule has 86 heavy (non-hydrogen) atoms. The van der Waals surface area contributed by atoms with Gasteiger partial charge < -0.3 is 33.8 Å². The van der Waals surface area contributed by atoms with Crippen molar-refractivity contribution in [2.24, 2.45) is 17.8 Å². The topological polar surface area (TPSA) is 237 Å². The molecule has 0 aromatic carbocycles. The highest BCUT2D eigenvalue weighted by molar-refractivity contribution is 7.47. The van der Waals surface area contributed by atoms with Crippen LogP contribution < -0.4 is 0 Å². The van der Waals surface area contributed by atoms with Crippen LogP contribution in [0.15, 0.2) is 0 Å². The molecule has 19 heteroatoms. The maximum atomic E-state index is 13.0. The lowest BCUT2D eigenvalue weighted by Gasteiger charge is -2.21. The minimum atomic E-state index is -4.95. The third-order valence-electron chi connectivity index (χ3n) is 15.4. The van der Waals surface area contributed by atoms with Gasteiger partial charge in [-0.05, 0) is 43.4 Å². The molecule has 2 unspecified atom stereocenters. The maximum absolute atomic E-state index is 13.0. The van der Waals surface area contributed by atoms with Crippen molar-refractivity contribution in [2.75, 3.05) is 39.6 Å². The Balaban J connectivity index is 5.15. The summed E-state index contributed by atoms with van der Waals surface area (Å²) >= 11 is 0. The van der Waals surface area contributed by atoms with Gasteiger partial charge in [0, 0.05) is 25.7 Å². The fourth-order valence-corrected chi connectivity index (χ4v) is 11.6. The molecule has 0 aromatic heterocycles. The first-order valence-corrected chi connectivity index (χ1v) is 37.8. The molecule has 0 saturated carbocycles. The van der Waals surface area contributed by atoms with Gasteiger partial charge in [-0.25, -0.2) is 9.13 Å². The summed E-state index contributed by atoms with van der Waals surface area (Å²) in [6, 6.07) is 0. The van der Waals surface area contributed by atoms with Gasteiger partial charge in [0.05, 0.1) is 26.4 Å². The molecule has 0 rings (SSSR count). The molecule has 0 aromatic rings. The minimum absolute atomic E-state index is 0.101. The second-order valence-corrected chi connectivity index (χ2v) is 28.5. The quantitative estimate of drug-likeness (QED) is 0.0222. The van der Waals surface area contributed by atoms with E-state index in [1.807, 2.05) is 0 Å². The zero-order valence-electron chi connectivity index (χ0n) is 55.8. The molecule has 5 atom stereocenters. The second-order valence-electron chi connectivity index (χ2n) is 25.6. The number of aliphatic hydroxyl groups excluding tert-OH is 1. The van der Waals surface area contributed by atoms with Crippen molar-refractivity contribution in [3.63, 3.8) is 0 Å². The van der Waals surface area contributed by atoms with E-state index in [0.29, 0.717) is 31.6 Å². The summed E-state index contributed by atoms with van der Waals surface area (Å²) in [6.07, 6.45) is 40.9. The Morgan fingerprint density at radius 3 is 0.791 bits per heavy atom. The van der Waals surface area contributed by atoms with Crippen molar-refractivity contribution < 1.29 is 80.2 Å². The Bertz CT molecular complexity index is 1700. The zero-order valence-corrected chi connectivity index (χ0v) is 57.6. The molecular formula is C67H130O17P2. The van der Waals surface area contributed by atoms with Crippen LogP contribution in [-0.4, -0.2) is 96.7 Å². The summed E-state index contributed by atoms with van der Waals surface area (Å²) in [6.45, 7) is 11.7. The molecule has 0 heterocycles. The number of hydrogen-bond acceptors (Lipinski definition) is 15. The molecule has 0 radical (unpaired) electrons. The number of rotatable bonds is 65. The van der Waals surface area contributed by atoms with Gasteiger partial charge in [0.2, 0.25) is 0 Å². The summed E-state index contributed by atoms with van der Waals surface area (Å²) in [5.41, 5.74) is 0. The summed E-state index contributed by atoms with van der Waals surface area (Å²) in [7, 11) is -9.88. The largest absolute Gasteiger partial charge is 0.472 e. The molecule has 510 valence electrons. The number of carbonyl (C=O) groups excluding carboxylic acids is 4. The summed E-state index contributed by atoms with van der Waals surface area (Å²) < 4.78 is 67.9. The van der Waals surface area contributed by atoms with E-state index in [2.05, 4.69) is 48.5 Å². The van der Waals surface area contributed by atoms with Gasteiger partial charge in [0.15, 0.2) is 12.2 Å². The van der Waals surface area contributed by atoms with Crippen molar-refractivity contribution in [1.29, 1.82) is 0 Å². The number of hydrogen-bond donors (Lipinski definition) is 3. The summed E-state index contributed by atoms with van der Waals surface area (Å²) in [4.78, 5) is 72.1. The van der Waals surface area contributed by atoms with Crippen molar-refractivity contribution in [3.05, 3.63) is 0 Å². The third-order valence-corrected chi connectivity index (χ3v) is 17.3. The predicted octanol–water partition coefficient (Wildman–Crippen LogP) is 18.7. The number of aliphatic hydroxyl groups is 1. The Hall–Kier alpha value is -1.94. The van der Waals surface area contributed by atoms with Crippen LogP contribution >= 0.6 is 15.6 Å². The molecule has 0 aliphatic heterocycles. The molecule has 0 aliphatic rings. The Labute approximate surface area is 524 Å². The van der Waals surface area contributed by atoms with Crippen LogP contribution in [0.25, 0.3) is 0 Å². The normalized spacial score (nSPS) is 14.3. The summed E-state index contributed by atoms with van der Waals surface area (Å²) in [5.74, 6) is 0.0979. The van der Waals surface area contributed by atoms with Gasteiger partial charge >= 0.3 is 39.5 Å². The van der Waals surface area contributed by atoms with Gasteiger partial charge in [0.25, 0.3) is 0 Å². The monoisotopic (exact) mass is 1270 g/mol. The van der Waals surface area contributed by atoms with Crippen LogP contribution in [0.5, 0.6) is 0 Å². The van der Waals surface area contributed by atoms with Crippen LogP contribution in [-0.2, 0) is 65.4 Å². The number of esters is 4. The van der Waals surface area contributed by atoms with Crippen LogP contribution in [0, 0.1) is 17.8 Å². The van der Waals surface area contributed by atoms with E-state index >= 15 is 0 Å². The molecule has 0 fully saturated rings. The number of phosphoric acid groups is 2. The minimum Gasteiger partial charge on any atom is -0.462 e. The van der Waals surface area contributed by atoms with Crippen LogP contribution in [0.4, 0.5) is 0 Å². The Morgan fingerprint density at radius 2 is 0.535 bits per heavy atom. The lowest BCUT2D eigenvalue weighted by atomic mass is 10.0. The van der Waals surface area contributed by atoms with E-state index < -0.39 is 97.5 Å². The fourth-order valence-electron chi connectivity index (χ4n) is 10.0. The highest BCUT2D eigenvalue weighted by atomic mass is 31.2. The molecule has 0 spiro atoms. The highest BCUT2D eigenvalue weighted by Crippen LogP contribution is 2.45. The van der Waals surface area contributed by atoms with Crippen molar-refractivity contribution >= 4 is 39.5 Å². The average molecular weight is 1270 g/mol. The van der Waals surface area contributed by atoms with Gasteiger partial charge in [0.1, 0.15) is 19.3 Å². The SMILES string of the molecule is CCCCCCCC(=O)OC[C@H](COP(=O)(O)OC[C@H](O)COP(=O)(O)OC[C@@H](COC(=O)CCCCCCCCCCCCCC(C)C)OC(=O)CCCCCCCCCCCCCCCCCC(C)C)OC(=O)CCCCCCCCC(C)C. The lowest BCUT2D eigenvalue weighted by molar-refractivity contribution is -0.161. The van der Waals surface area contributed by atoms with Gasteiger partial charge in [-0.1, -0.05) is 280 Å². The second kappa shape index (κ2) is 58.2. The number of carbonyl (C=O) groups is 4. The van der Waals surface area contributed by atoms with Gasteiger partial charge in [-0.3, -0.25) is 37.3 Å². The van der Waals surface area contributed by atoms with Crippen LogP contribution in [0.2, 0.25) is 0 Å². The van der Waals surface area contributed by atoms with E-state index in [9.17, 15) is 43.2 Å². The Kier molecular flexibility index (Phi) is 56.9. The molecule has 0 bridgehead atoms. The zero-order chi connectivity index (χ0) is 63.8. The number of ether oxygens (including phenoxy) is 4.